The van der Waals surface area contributed by atoms with E-state index >= 15 is 0 Å². The molecule has 0 spiro atoms. The third kappa shape index (κ3) is 3.33. The molecule has 0 saturated carbocycles. The van der Waals surface area contributed by atoms with E-state index in [-0.39, 0.29) is 0 Å². The van der Waals surface area contributed by atoms with E-state index in [1.807, 2.05) is 12.1 Å². The smallest absolute Gasteiger partial charge is 0.147 e. The first kappa shape index (κ1) is 14.0. The van der Waals surface area contributed by atoms with Crippen LogP contribution in [0.1, 0.15) is 5.56 Å². The number of ether oxygens (including phenoxy) is 1. The molecule has 2 aromatic rings. The van der Waals surface area contributed by atoms with Crippen LogP contribution in [0.15, 0.2) is 40.9 Å². The van der Waals surface area contributed by atoms with E-state index in [0.717, 1.165) is 10.0 Å². The van der Waals surface area contributed by atoms with E-state index in [2.05, 4.69) is 15.9 Å². The highest BCUT2D eigenvalue weighted by Crippen LogP contribution is 2.35. The van der Waals surface area contributed by atoms with Crippen molar-refractivity contribution in [1.82, 2.24) is 0 Å². The van der Waals surface area contributed by atoms with E-state index in [9.17, 15) is 0 Å². The first-order valence-corrected chi connectivity index (χ1v) is 7.16. The Labute approximate surface area is 129 Å². The molecule has 0 aliphatic heterocycles. The van der Waals surface area contributed by atoms with Crippen molar-refractivity contribution in [2.75, 3.05) is 0 Å². The van der Waals surface area contributed by atoms with Crippen molar-refractivity contribution in [3.63, 3.8) is 0 Å². The number of hydrogen-bond acceptors (Lipinski definition) is 1. The van der Waals surface area contributed by atoms with Crippen molar-refractivity contribution >= 4 is 50.7 Å². The molecule has 5 heteroatoms. The highest BCUT2D eigenvalue weighted by molar-refractivity contribution is 9.10. The van der Waals surface area contributed by atoms with Crippen LogP contribution in [-0.4, -0.2) is 0 Å². The third-order valence-corrected chi connectivity index (χ3v) is 3.61. The summed E-state index contributed by atoms with van der Waals surface area (Å²) in [7, 11) is 0. The van der Waals surface area contributed by atoms with Crippen LogP contribution in [0, 0.1) is 0 Å². The van der Waals surface area contributed by atoms with Gasteiger partial charge >= 0.3 is 0 Å². The Balaban J connectivity index is 2.38. The van der Waals surface area contributed by atoms with Crippen LogP contribution >= 0.6 is 50.7 Å². The second-order valence-corrected chi connectivity index (χ2v) is 5.59. The van der Waals surface area contributed by atoms with Crippen LogP contribution in [0.25, 0.3) is 0 Å². The molecule has 0 N–H and O–H groups in total. The Morgan fingerprint density at radius 1 is 1.00 bits per heavy atom. The Hall–Kier alpha value is -0.410. The molecule has 0 aromatic heterocycles. The molecule has 0 aliphatic rings. The zero-order valence-electron chi connectivity index (χ0n) is 9.09. The standard InChI is InChI=1S/C13H8BrCl3O/c14-9-2-4-11(17)13(5-9)18-12-6-10(16)3-1-8(12)7-15/h1-6H,7H2. The average Bonchev–Trinajstić information content (AvgIpc) is 2.34. The van der Waals surface area contributed by atoms with Crippen molar-refractivity contribution < 1.29 is 4.74 Å². The predicted octanol–water partition coefficient (Wildman–Crippen LogP) is 6.29. The fraction of sp³-hybridized carbons (Fsp3) is 0.0769. The molecule has 1 nitrogen and oxygen atoms in total. The summed E-state index contributed by atoms with van der Waals surface area (Å²) in [5.41, 5.74) is 0.858. The molecule has 0 amide bonds. The summed E-state index contributed by atoms with van der Waals surface area (Å²) >= 11 is 21.2. The number of hydrogen-bond donors (Lipinski definition) is 0. The van der Waals surface area contributed by atoms with Crippen molar-refractivity contribution in [3.8, 4) is 11.5 Å². The topological polar surface area (TPSA) is 9.23 Å². The lowest BCUT2D eigenvalue weighted by molar-refractivity contribution is 0.478. The minimum Gasteiger partial charge on any atom is -0.455 e. The molecule has 0 heterocycles. The van der Waals surface area contributed by atoms with Gasteiger partial charge < -0.3 is 4.74 Å². The highest BCUT2D eigenvalue weighted by Gasteiger charge is 2.08. The lowest BCUT2D eigenvalue weighted by Gasteiger charge is -2.11. The zero-order valence-corrected chi connectivity index (χ0v) is 12.9. The van der Waals surface area contributed by atoms with E-state index in [4.69, 9.17) is 39.5 Å². The number of rotatable bonds is 3. The summed E-state index contributed by atoms with van der Waals surface area (Å²) in [6.45, 7) is 0. The van der Waals surface area contributed by atoms with E-state index in [1.165, 1.54) is 0 Å². The van der Waals surface area contributed by atoms with Crippen molar-refractivity contribution in [1.29, 1.82) is 0 Å². The van der Waals surface area contributed by atoms with Gasteiger partial charge in [0.2, 0.25) is 0 Å². The van der Waals surface area contributed by atoms with Gasteiger partial charge in [-0.1, -0.05) is 45.2 Å². The van der Waals surface area contributed by atoms with Crippen LogP contribution in [0.2, 0.25) is 10.0 Å². The van der Waals surface area contributed by atoms with Gasteiger partial charge in [0.15, 0.2) is 0 Å². The van der Waals surface area contributed by atoms with Gasteiger partial charge in [-0.15, -0.1) is 11.6 Å². The van der Waals surface area contributed by atoms with Crippen LogP contribution in [0.5, 0.6) is 11.5 Å². The second kappa shape index (κ2) is 6.16. The Bertz CT molecular complexity index is 572. The number of alkyl halides is 1. The Morgan fingerprint density at radius 2 is 1.78 bits per heavy atom. The summed E-state index contributed by atoms with van der Waals surface area (Å²) in [5, 5.41) is 1.11. The second-order valence-electron chi connectivity index (χ2n) is 3.56. The Morgan fingerprint density at radius 3 is 2.50 bits per heavy atom. The molecule has 18 heavy (non-hydrogen) atoms. The molecule has 2 aromatic carbocycles. The van der Waals surface area contributed by atoms with E-state index in [0.29, 0.717) is 27.4 Å². The lowest BCUT2D eigenvalue weighted by atomic mass is 10.2. The van der Waals surface area contributed by atoms with E-state index in [1.54, 1.807) is 24.3 Å². The molecular weight excluding hydrogens is 358 g/mol. The summed E-state index contributed by atoms with van der Waals surface area (Å²) in [6.07, 6.45) is 0. The summed E-state index contributed by atoms with van der Waals surface area (Å²) < 4.78 is 6.65. The van der Waals surface area contributed by atoms with E-state index < -0.39 is 0 Å². The van der Waals surface area contributed by atoms with Crippen LogP contribution in [-0.2, 0) is 5.88 Å². The van der Waals surface area contributed by atoms with Gasteiger partial charge in [-0.25, -0.2) is 0 Å². The normalized spacial score (nSPS) is 10.4. The van der Waals surface area contributed by atoms with Gasteiger partial charge in [-0.2, -0.15) is 0 Å². The molecule has 0 bridgehead atoms. The summed E-state index contributed by atoms with van der Waals surface area (Å²) in [6, 6.07) is 10.7. The maximum absolute atomic E-state index is 6.07. The first-order chi connectivity index (χ1) is 8.60. The minimum absolute atomic E-state index is 0.345. The monoisotopic (exact) mass is 364 g/mol. The molecule has 0 fully saturated rings. The maximum atomic E-state index is 6.07. The van der Waals surface area contributed by atoms with Crippen LogP contribution < -0.4 is 4.74 Å². The molecule has 0 unspecified atom stereocenters. The molecular formula is C13H8BrCl3O. The zero-order chi connectivity index (χ0) is 13.1. The molecule has 0 saturated heterocycles. The highest BCUT2D eigenvalue weighted by atomic mass is 79.9. The fourth-order valence-corrected chi connectivity index (χ4v) is 2.29. The van der Waals surface area contributed by atoms with Crippen LogP contribution in [0.4, 0.5) is 0 Å². The number of halogens is 4. The quantitative estimate of drug-likeness (QED) is 0.580. The minimum atomic E-state index is 0.345. The molecule has 0 aliphatic carbocycles. The van der Waals surface area contributed by atoms with Gasteiger partial charge in [-0.05, 0) is 30.3 Å². The number of benzene rings is 2. The van der Waals surface area contributed by atoms with Gasteiger partial charge in [0.05, 0.1) is 10.9 Å². The van der Waals surface area contributed by atoms with Gasteiger partial charge in [0, 0.05) is 15.1 Å². The van der Waals surface area contributed by atoms with Crippen LogP contribution in [0.3, 0.4) is 0 Å². The molecule has 0 atom stereocenters. The predicted molar refractivity (Wildman–Crippen MR) is 80.2 cm³/mol. The fourth-order valence-electron chi connectivity index (χ4n) is 1.41. The SMILES string of the molecule is ClCc1ccc(Cl)cc1Oc1cc(Br)ccc1Cl. The van der Waals surface area contributed by atoms with Gasteiger partial charge in [-0.3, -0.25) is 0 Å². The molecule has 0 radical (unpaired) electrons. The van der Waals surface area contributed by atoms with Crippen molar-refractivity contribution in [3.05, 3.63) is 56.5 Å². The lowest BCUT2D eigenvalue weighted by Crippen LogP contribution is -1.90. The first-order valence-electron chi connectivity index (χ1n) is 5.07. The summed E-state index contributed by atoms with van der Waals surface area (Å²) in [4.78, 5) is 0. The summed E-state index contributed by atoms with van der Waals surface area (Å²) in [5.74, 6) is 1.51. The largest absolute Gasteiger partial charge is 0.455 e. The molecule has 2 rings (SSSR count). The van der Waals surface area contributed by atoms with Crippen molar-refractivity contribution in [2.24, 2.45) is 0 Å². The third-order valence-electron chi connectivity index (χ3n) is 2.29. The van der Waals surface area contributed by atoms with Crippen molar-refractivity contribution in [2.45, 2.75) is 5.88 Å². The van der Waals surface area contributed by atoms with Gasteiger partial charge in [0.1, 0.15) is 11.5 Å². The average molecular weight is 366 g/mol. The Kier molecular flexibility index (Phi) is 4.79. The maximum Gasteiger partial charge on any atom is 0.147 e. The molecule has 94 valence electrons. The van der Waals surface area contributed by atoms with Gasteiger partial charge in [0.25, 0.3) is 0 Å².